The molecule has 1 spiro atoms. The molecule has 1 saturated heterocycles. The number of ether oxygens (including phenoxy) is 1. The first kappa shape index (κ1) is 17.8. The van der Waals surface area contributed by atoms with Crippen LogP contribution >= 0.6 is 0 Å². The molecule has 27 heavy (non-hydrogen) atoms. The number of rotatable bonds is 3. The molecule has 1 fully saturated rings. The minimum Gasteiger partial charge on any atom is -0.492 e. The van der Waals surface area contributed by atoms with Gasteiger partial charge < -0.3 is 15.4 Å². The standard InChI is InChI=1S/C23H26N2O2/c1-17-3-2-4-18(13-17)6-8-22(26)25-11-9-23(10-12-25)16-27-21-7-5-19(15-24)14-20(21)23/h2-8,13-14H,9-12,15-16,24H2,1H3. The van der Waals surface area contributed by atoms with E-state index in [1.807, 2.05) is 35.2 Å². The average molecular weight is 362 g/mol. The van der Waals surface area contributed by atoms with Gasteiger partial charge in [-0.05, 0) is 43.0 Å². The van der Waals surface area contributed by atoms with E-state index in [1.165, 1.54) is 11.1 Å². The highest BCUT2D eigenvalue weighted by Gasteiger charge is 2.43. The maximum absolute atomic E-state index is 12.6. The second-order valence-electron chi connectivity index (χ2n) is 7.68. The van der Waals surface area contributed by atoms with E-state index in [-0.39, 0.29) is 11.3 Å². The van der Waals surface area contributed by atoms with E-state index in [4.69, 9.17) is 10.5 Å². The molecule has 4 heteroatoms. The number of likely N-dealkylation sites (tertiary alicyclic amines) is 1. The first-order valence-electron chi connectivity index (χ1n) is 9.60. The van der Waals surface area contributed by atoms with Gasteiger partial charge in [0.05, 0.1) is 6.61 Å². The Kier molecular flexibility index (Phi) is 4.75. The van der Waals surface area contributed by atoms with Gasteiger partial charge in [0.1, 0.15) is 5.75 Å². The molecule has 0 radical (unpaired) electrons. The summed E-state index contributed by atoms with van der Waals surface area (Å²) in [5, 5.41) is 0. The normalized spacial score (nSPS) is 17.9. The van der Waals surface area contributed by atoms with Crippen LogP contribution in [-0.4, -0.2) is 30.5 Å². The SMILES string of the molecule is Cc1cccc(C=CC(=O)N2CCC3(CC2)COc2ccc(CN)cc23)c1. The van der Waals surface area contributed by atoms with Crippen molar-refractivity contribution in [2.24, 2.45) is 5.73 Å². The summed E-state index contributed by atoms with van der Waals surface area (Å²) in [4.78, 5) is 14.5. The molecular formula is C23H26N2O2. The summed E-state index contributed by atoms with van der Waals surface area (Å²) in [6, 6.07) is 14.4. The molecule has 0 bridgehead atoms. The van der Waals surface area contributed by atoms with Crippen LogP contribution in [0.2, 0.25) is 0 Å². The number of carbonyl (C=O) groups excluding carboxylic acids is 1. The smallest absolute Gasteiger partial charge is 0.246 e. The fourth-order valence-corrected chi connectivity index (χ4v) is 4.15. The van der Waals surface area contributed by atoms with E-state index >= 15 is 0 Å². The van der Waals surface area contributed by atoms with Crippen LogP contribution in [-0.2, 0) is 16.8 Å². The van der Waals surface area contributed by atoms with E-state index in [0.717, 1.165) is 42.8 Å². The van der Waals surface area contributed by atoms with Crippen molar-refractivity contribution >= 4 is 12.0 Å². The predicted octanol–water partition coefficient (Wildman–Crippen LogP) is 3.42. The lowest BCUT2D eigenvalue weighted by atomic mass is 9.74. The number of aryl methyl sites for hydroxylation is 1. The van der Waals surface area contributed by atoms with Crippen molar-refractivity contribution in [2.45, 2.75) is 31.7 Å². The van der Waals surface area contributed by atoms with Crippen molar-refractivity contribution in [3.8, 4) is 5.75 Å². The Labute approximate surface area is 160 Å². The summed E-state index contributed by atoms with van der Waals surface area (Å²) in [5.74, 6) is 1.06. The maximum Gasteiger partial charge on any atom is 0.246 e. The van der Waals surface area contributed by atoms with Gasteiger partial charge in [-0.15, -0.1) is 0 Å². The largest absolute Gasteiger partial charge is 0.492 e. The summed E-state index contributed by atoms with van der Waals surface area (Å²) >= 11 is 0. The monoisotopic (exact) mass is 362 g/mol. The fraction of sp³-hybridized carbons (Fsp3) is 0.348. The van der Waals surface area contributed by atoms with Crippen LogP contribution in [0.3, 0.4) is 0 Å². The zero-order valence-electron chi connectivity index (χ0n) is 15.8. The number of nitrogens with zero attached hydrogens (tertiary/aromatic N) is 1. The summed E-state index contributed by atoms with van der Waals surface area (Å²) < 4.78 is 5.95. The first-order valence-corrected chi connectivity index (χ1v) is 9.60. The van der Waals surface area contributed by atoms with Crippen LogP contribution < -0.4 is 10.5 Å². The number of carbonyl (C=O) groups is 1. The minimum absolute atomic E-state index is 0.0253. The van der Waals surface area contributed by atoms with Crippen LogP contribution in [0.1, 0.15) is 35.1 Å². The highest BCUT2D eigenvalue weighted by molar-refractivity contribution is 5.91. The first-order chi connectivity index (χ1) is 13.1. The maximum atomic E-state index is 12.6. The van der Waals surface area contributed by atoms with Crippen LogP contribution in [0.4, 0.5) is 0 Å². The van der Waals surface area contributed by atoms with Crippen molar-refractivity contribution in [2.75, 3.05) is 19.7 Å². The number of hydrogen-bond donors (Lipinski definition) is 1. The van der Waals surface area contributed by atoms with E-state index in [2.05, 4.69) is 25.1 Å². The third-order valence-corrected chi connectivity index (χ3v) is 5.85. The highest BCUT2D eigenvalue weighted by atomic mass is 16.5. The molecule has 2 aromatic rings. The molecule has 4 nitrogen and oxygen atoms in total. The third kappa shape index (κ3) is 3.50. The molecule has 2 aliphatic heterocycles. The summed E-state index contributed by atoms with van der Waals surface area (Å²) in [7, 11) is 0. The lowest BCUT2D eigenvalue weighted by molar-refractivity contribution is -0.127. The molecule has 0 aliphatic carbocycles. The quantitative estimate of drug-likeness (QED) is 0.851. The second kappa shape index (κ2) is 7.20. The summed E-state index contributed by atoms with van der Waals surface area (Å²) in [6.45, 7) is 4.81. The number of fused-ring (bicyclic) bond motifs is 2. The van der Waals surface area contributed by atoms with Gasteiger partial charge in [-0.3, -0.25) is 4.79 Å². The molecule has 2 heterocycles. The molecule has 4 rings (SSSR count). The highest BCUT2D eigenvalue weighted by Crippen LogP contribution is 2.45. The van der Waals surface area contributed by atoms with Crippen molar-refractivity contribution in [1.82, 2.24) is 4.90 Å². The van der Waals surface area contributed by atoms with Gasteiger partial charge in [-0.1, -0.05) is 42.0 Å². The van der Waals surface area contributed by atoms with Gasteiger partial charge >= 0.3 is 0 Å². The molecule has 2 N–H and O–H groups in total. The molecule has 0 atom stereocenters. The Morgan fingerprint density at radius 3 is 2.78 bits per heavy atom. The number of hydrogen-bond acceptors (Lipinski definition) is 3. The van der Waals surface area contributed by atoms with E-state index in [1.54, 1.807) is 6.08 Å². The Morgan fingerprint density at radius 2 is 2.04 bits per heavy atom. The van der Waals surface area contributed by atoms with E-state index in [0.29, 0.717) is 13.2 Å². The van der Waals surface area contributed by atoms with Gasteiger partial charge in [-0.2, -0.15) is 0 Å². The predicted molar refractivity (Wildman–Crippen MR) is 108 cm³/mol. The molecule has 0 saturated carbocycles. The lowest BCUT2D eigenvalue weighted by Gasteiger charge is -2.38. The van der Waals surface area contributed by atoms with Crippen molar-refractivity contribution in [3.05, 3.63) is 70.8 Å². The third-order valence-electron chi connectivity index (χ3n) is 5.85. The molecule has 2 aromatic carbocycles. The van der Waals surface area contributed by atoms with Gasteiger partial charge in [-0.25, -0.2) is 0 Å². The average Bonchev–Trinajstić information content (AvgIpc) is 3.04. The van der Waals surface area contributed by atoms with Crippen molar-refractivity contribution in [3.63, 3.8) is 0 Å². The fourth-order valence-electron chi connectivity index (χ4n) is 4.15. The van der Waals surface area contributed by atoms with Crippen LogP contribution in [0.5, 0.6) is 5.75 Å². The topological polar surface area (TPSA) is 55.6 Å². The Morgan fingerprint density at radius 1 is 1.22 bits per heavy atom. The van der Waals surface area contributed by atoms with Gasteiger partial charge in [0.25, 0.3) is 0 Å². The lowest BCUT2D eigenvalue weighted by Crippen LogP contribution is -2.45. The number of piperidine rings is 1. The molecule has 1 amide bonds. The molecule has 2 aliphatic rings. The summed E-state index contributed by atoms with van der Waals surface area (Å²) in [6.07, 6.45) is 5.45. The minimum atomic E-state index is 0.0253. The van der Waals surface area contributed by atoms with Crippen molar-refractivity contribution < 1.29 is 9.53 Å². The van der Waals surface area contributed by atoms with Crippen LogP contribution in [0.15, 0.2) is 48.5 Å². The van der Waals surface area contributed by atoms with Gasteiger partial charge in [0.2, 0.25) is 5.91 Å². The van der Waals surface area contributed by atoms with Crippen molar-refractivity contribution in [1.29, 1.82) is 0 Å². The number of nitrogens with two attached hydrogens (primary N) is 1. The molecule has 140 valence electrons. The van der Waals surface area contributed by atoms with Crippen LogP contribution in [0, 0.1) is 6.92 Å². The number of amides is 1. The molecule has 0 aromatic heterocycles. The van der Waals surface area contributed by atoms with E-state index < -0.39 is 0 Å². The van der Waals surface area contributed by atoms with Crippen LogP contribution in [0.25, 0.3) is 6.08 Å². The Hall–Kier alpha value is -2.59. The zero-order valence-corrected chi connectivity index (χ0v) is 15.8. The van der Waals surface area contributed by atoms with E-state index in [9.17, 15) is 4.79 Å². The Bertz CT molecular complexity index is 880. The second-order valence-corrected chi connectivity index (χ2v) is 7.68. The Balaban J connectivity index is 1.43. The van der Waals surface area contributed by atoms with Gasteiger partial charge in [0, 0.05) is 36.7 Å². The number of benzene rings is 2. The molecular weight excluding hydrogens is 336 g/mol. The summed E-state index contributed by atoms with van der Waals surface area (Å²) in [5.41, 5.74) is 10.5. The zero-order chi connectivity index (χ0) is 18.9. The molecule has 0 unspecified atom stereocenters. The van der Waals surface area contributed by atoms with Gasteiger partial charge in [0.15, 0.2) is 0 Å².